The van der Waals surface area contributed by atoms with Crippen LogP contribution in [-0.4, -0.2) is 94.7 Å². The predicted molar refractivity (Wildman–Crippen MR) is 157 cm³/mol. The zero-order valence-electron chi connectivity index (χ0n) is 24.2. The topological polar surface area (TPSA) is 89.9 Å². The van der Waals surface area contributed by atoms with E-state index >= 15 is 0 Å². The fourth-order valence-electron chi connectivity index (χ4n) is 6.69. The molecule has 4 fully saturated rings. The number of aryl methyl sites for hydroxylation is 3. The number of amides is 3. The Labute approximate surface area is 246 Å². The molecular formula is C31H39ClN6O3. The molecule has 2 unspecified atom stereocenters. The predicted octanol–water partition coefficient (Wildman–Crippen LogP) is 3.35. The molecule has 0 N–H and O–H groups in total. The Morgan fingerprint density at radius 2 is 1.56 bits per heavy atom. The Kier molecular flexibility index (Phi) is 7.76. The number of rotatable bonds is 8. The van der Waals surface area contributed by atoms with Crippen molar-refractivity contribution in [1.82, 2.24) is 24.7 Å². The Hall–Kier alpha value is -3.04. The number of nitrogens with zero attached hydrogens (tertiary/aromatic N) is 6. The third-order valence-corrected chi connectivity index (χ3v) is 9.75. The Balaban J connectivity index is 1.03. The van der Waals surface area contributed by atoms with E-state index in [0.717, 1.165) is 74.6 Å². The molecule has 9 nitrogen and oxygen atoms in total. The molecule has 0 spiro atoms. The van der Waals surface area contributed by atoms with Gasteiger partial charge in [0.2, 0.25) is 11.8 Å². The zero-order chi connectivity index (χ0) is 28.8. The number of carbonyl (C=O) groups excluding carboxylic acids is 3. The van der Waals surface area contributed by atoms with Crippen molar-refractivity contribution < 1.29 is 14.4 Å². The van der Waals surface area contributed by atoms with E-state index < -0.39 is 0 Å². The first-order valence-electron chi connectivity index (χ1n) is 14.9. The molecule has 4 aliphatic rings. The molecule has 1 aliphatic carbocycles. The quantitative estimate of drug-likeness (QED) is 0.477. The highest BCUT2D eigenvalue weighted by atomic mass is 35.5. The molecule has 6 rings (SSSR count). The fourth-order valence-corrected chi connectivity index (χ4v) is 6.87. The second kappa shape index (κ2) is 11.3. The Bertz CT molecular complexity index is 1320. The monoisotopic (exact) mass is 578 g/mol. The standard InChI is InChI=1S/C31H39ClN6O3/c1-19-5-8-26(11-27(19)32)38(30(40)25-16-36(17-25)29(39)22-6-7-22)10-4-9-35-12-23-14-37(15-24(23)13-35)31(41)28-20(2)33-18-34-21(28)3/h5,8,11,18,22-25H,4,6-7,9-10,12-17H2,1-3H3. The molecule has 3 aliphatic heterocycles. The summed E-state index contributed by atoms with van der Waals surface area (Å²) in [4.78, 5) is 55.9. The molecule has 4 heterocycles. The van der Waals surface area contributed by atoms with Gasteiger partial charge in [-0.3, -0.25) is 14.4 Å². The van der Waals surface area contributed by atoms with E-state index in [1.54, 1.807) is 0 Å². The number of hydrogen-bond acceptors (Lipinski definition) is 6. The van der Waals surface area contributed by atoms with Crippen LogP contribution in [0.15, 0.2) is 24.5 Å². The van der Waals surface area contributed by atoms with Crippen LogP contribution in [0.2, 0.25) is 5.02 Å². The van der Waals surface area contributed by atoms with Crippen LogP contribution in [0, 0.1) is 44.4 Å². The molecule has 10 heteroatoms. The van der Waals surface area contributed by atoms with Gasteiger partial charge in [0.1, 0.15) is 6.33 Å². The van der Waals surface area contributed by atoms with E-state index in [1.165, 1.54) is 6.33 Å². The summed E-state index contributed by atoms with van der Waals surface area (Å²) in [6, 6.07) is 5.81. The first kappa shape index (κ1) is 28.1. The van der Waals surface area contributed by atoms with E-state index in [-0.39, 0.29) is 29.6 Å². The number of anilines is 1. The number of benzene rings is 1. The van der Waals surface area contributed by atoms with Crippen LogP contribution in [0.4, 0.5) is 5.69 Å². The molecule has 1 aromatic heterocycles. The average Bonchev–Trinajstić information content (AvgIpc) is 3.58. The highest BCUT2D eigenvalue weighted by molar-refractivity contribution is 6.31. The first-order valence-corrected chi connectivity index (χ1v) is 15.2. The van der Waals surface area contributed by atoms with Crippen LogP contribution < -0.4 is 4.90 Å². The lowest BCUT2D eigenvalue weighted by atomic mass is 9.97. The van der Waals surface area contributed by atoms with Crippen molar-refractivity contribution in [3.05, 3.63) is 52.1 Å². The largest absolute Gasteiger partial charge is 0.341 e. The molecule has 1 aromatic carbocycles. The molecule has 41 heavy (non-hydrogen) atoms. The molecular weight excluding hydrogens is 540 g/mol. The number of carbonyl (C=O) groups is 3. The Morgan fingerprint density at radius 1 is 0.902 bits per heavy atom. The lowest BCUT2D eigenvalue weighted by molar-refractivity contribution is -0.143. The van der Waals surface area contributed by atoms with Crippen LogP contribution >= 0.6 is 11.6 Å². The summed E-state index contributed by atoms with van der Waals surface area (Å²) in [5, 5.41) is 0.651. The second-order valence-electron chi connectivity index (χ2n) is 12.4. The lowest BCUT2D eigenvalue weighted by Gasteiger charge is -2.41. The molecule has 218 valence electrons. The van der Waals surface area contributed by atoms with Gasteiger partial charge in [0, 0.05) is 62.4 Å². The summed E-state index contributed by atoms with van der Waals surface area (Å²) in [5.41, 5.74) is 3.91. The van der Waals surface area contributed by atoms with Gasteiger partial charge < -0.3 is 19.6 Å². The molecule has 3 amide bonds. The molecule has 3 saturated heterocycles. The van der Waals surface area contributed by atoms with Gasteiger partial charge in [0.05, 0.1) is 22.9 Å². The molecule has 0 bridgehead atoms. The van der Waals surface area contributed by atoms with Crippen molar-refractivity contribution in [2.45, 2.75) is 40.0 Å². The number of hydrogen-bond donors (Lipinski definition) is 0. The molecule has 2 aromatic rings. The maximum absolute atomic E-state index is 13.6. The highest BCUT2D eigenvalue weighted by Crippen LogP contribution is 2.35. The van der Waals surface area contributed by atoms with Gasteiger partial charge in [-0.05, 0) is 76.1 Å². The van der Waals surface area contributed by atoms with Crippen molar-refractivity contribution >= 4 is 35.0 Å². The zero-order valence-corrected chi connectivity index (χ0v) is 24.9. The second-order valence-corrected chi connectivity index (χ2v) is 12.8. The Morgan fingerprint density at radius 3 is 2.17 bits per heavy atom. The van der Waals surface area contributed by atoms with Crippen LogP contribution in [0.3, 0.4) is 0 Å². The van der Waals surface area contributed by atoms with Crippen molar-refractivity contribution in [3.63, 3.8) is 0 Å². The first-order chi connectivity index (χ1) is 19.7. The van der Waals surface area contributed by atoms with Crippen molar-refractivity contribution in [3.8, 4) is 0 Å². The van der Waals surface area contributed by atoms with Crippen LogP contribution in [-0.2, 0) is 9.59 Å². The SMILES string of the molecule is Cc1ccc(N(CCCN2CC3CN(C(=O)c4c(C)ncnc4C)CC3C2)C(=O)C2CN(C(=O)C3CC3)C2)cc1Cl. The lowest BCUT2D eigenvalue weighted by Crippen LogP contribution is -2.57. The molecule has 0 radical (unpaired) electrons. The van der Waals surface area contributed by atoms with Gasteiger partial charge in [0.25, 0.3) is 5.91 Å². The van der Waals surface area contributed by atoms with Crippen molar-refractivity contribution in [1.29, 1.82) is 0 Å². The van der Waals surface area contributed by atoms with Gasteiger partial charge in [-0.2, -0.15) is 0 Å². The number of aromatic nitrogens is 2. The summed E-state index contributed by atoms with van der Waals surface area (Å²) < 4.78 is 0. The maximum Gasteiger partial charge on any atom is 0.257 e. The van der Waals surface area contributed by atoms with Crippen molar-refractivity contribution in [2.24, 2.45) is 23.7 Å². The maximum atomic E-state index is 13.6. The van der Waals surface area contributed by atoms with E-state index in [0.29, 0.717) is 42.1 Å². The van der Waals surface area contributed by atoms with Gasteiger partial charge in [-0.25, -0.2) is 9.97 Å². The van der Waals surface area contributed by atoms with Gasteiger partial charge >= 0.3 is 0 Å². The van der Waals surface area contributed by atoms with Gasteiger partial charge in [0.15, 0.2) is 0 Å². The summed E-state index contributed by atoms with van der Waals surface area (Å²) in [7, 11) is 0. The third kappa shape index (κ3) is 5.71. The summed E-state index contributed by atoms with van der Waals surface area (Å²) in [6.45, 7) is 11.7. The minimum absolute atomic E-state index is 0.0425. The van der Waals surface area contributed by atoms with Gasteiger partial charge in [-0.1, -0.05) is 17.7 Å². The van der Waals surface area contributed by atoms with E-state index in [4.69, 9.17) is 11.6 Å². The minimum Gasteiger partial charge on any atom is -0.341 e. The van der Waals surface area contributed by atoms with Crippen LogP contribution in [0.25, 0.3) is 0 Å². The van der Waals surface area contributed by atoms with E-state index in [9.17, 15) is 14.4 Å². The number of halogens is 1. The van der Waals surface area contributed by atoms with E-state index in [2.05, 4.69) is 14.9 Å². The summed E-state index contributed by atoms with van der Waals surface area (Å²) >= 11 is 6.45. The third-order valence-electron chi connectivity index (χ3n) is 9.35. The fraction of sp³-hybridized carbons (Fsp3) is 0.581. The summed E-state index contributed by atoms with van der Waals surface area (Å²) in [6.07, 6.45) is 4.32. The molecule has 2 atom stereocenters. The van der Waals surface area contributed by atoms with E-state index in [1.807, 2.05) is 53.7 Å². The number of likely N-dealkylation sites (tertiary alicyclic amines) is 3. The highest BCUT2D eigenvalue weighted by Gasteiger charge is 2.44. The smallest absolute Gasteiger partial charge is 0.257 e. The average molecular weight is 579 g/mol. The number of fused-ring (bicyclic) bond motifs is 1. The normalized spacial score (nSPS) is 22.5. The van der Waals surface area contributed by atoms with Crippen molar-refractivity contribution in [2.75, 3.05) is 57.3 Å². The molecule has 1 saturated carbocycles. The van der Waals surface area contributed by atoms with Crippen LogP contribution in [0.1, 0.15) is 46.6 Å². The van der Waals surface area contributed by atoms with Gasteiger partial charge in [-0.15, -0.1) is 0 Å². The van der Waals surface area contributed by atoms with Crippen LogP contribution in [0.5, 0.6) is 0 Å². The summed E-state index contributed by atoms with van der Waals surface area (Å²) in [5.74, 6) is 1.28. The minimum atomic E-state index is -0.158.